The summed E-state index contributed by atoms with van der Waals surface area (Å²) in [5, 5.41) is 2.87. The smallest absolute Gasteiger partial charge is 0.434 e. The predicted molar refractivity (Wildman–Crippen MR) is 62.7 cm³/mol. The van der Waals surface area contributed by atoms with Crippen LogP contribution in [0.15, 0.2) is 18.3 Å². The van der Waals surface area contributed by atoms with Crippen LogP contribution < -0.4 is 10.1 Å². The SMILES string of the molecule is CC(C)NCc1cccnc1OC(C(F)(F)F)C(F)(F)F. The summed E-state index contributed by atoms with van der Waals surface area (Å²) >= 11 is 0. The third-order valence-electron chi connectivity index (χ3n) is 2.37. The van der Waals surface area contributed by atoms with E-state index in [1.165, 1.54) is 12.1 Å². The van der Waals surface area contributed by atoms with Crippen molar-refractivity contribution in [2.45, 2.75) is 44.9 Å². The van der Waals surface area contributed by atoms with Gasteiger partial charge in [0.25, 0.3) is 6.10 Å². The van der Waals surface area contributed by atoms with Gasteiger partial charge in [0.15, 0.2) is 0 Å². The van der Waals surface area contributed by atoms with Crippen molar-refractivity contribution in [3.63, 3.8) is 0 Å². The maximum absolute atomic E-state index is 12.5. The highest BCUT2D eigenvalue weighted by atomic mass is 19.4. The first kappa shape index (κ1) is 17.5. The van der Waals surface area contributed by atoms with Gasteiger partial charge in [0.2, 0.25) is 5.88 Å². The Morgan fingerprint density at radius 2 is 1.71 bits per heavy atom. The molecule has 0 aliphatic heterocycles. The number of nitrogens with one attached hydrogen (secondary N) is 1. The van der Waals surface area contributed by atoms with Crippen molar-refractivity contribution in [1.82, 2.24) is 10.3 Å². The molecule has 0 saturated carbocycles. The van der Waals surface area contributed by atoms with Gasteiger partial charge in [-0.15, -0.1) is 0 Å². The first-order valence-corrected chi connectivity index (χ1v) is 5.99. The number of ether oxygens (including phenoxy) is 1. The second-order valence-electron chi connectivity index (χ2n) is 4.58. The van der Waals surface area contributed by atoms with Crippen LogP contribution in [-0.4, -0.2) is 29.5 Å². The Morgan fingerprint density at radius 1 is 1.14 bits per heavy atom. The molecule has 0 bridgehead atoms. The number of pyridine rings is 1. The van der Waals surface area contributed by atoms with Crippen molar-refractivity contribution in [3.8, 4) is 5.88 Å². The fourth-order valence-corrected chi connectivity index (χ4v) is 1.41. The molecule has 1 aromatic heterocycles. The van der Waals surface area contributed by atoms with E-state index in [1.54, 1.807) is 13.8 Å². The quantitative estimate of drug-likeness (QED) is 0.845. The molecule has 0 spiro atoms. The zero-order chi connectivity index (χ0) is 16.3. The van der Waals surface area contributed by atoms with Gasteiger partial charge < -0.3 is 10.1 Å². The fourth-order valence-electron chi connectivity index (χ4n) is 1.41. The number of halogens is 6. The average Bonchev–Trinajstić information content (AvgIpc) is 2.31. The minimum atomic E-state index is -5.57. The van der Waals surface area contributed by atoms with Crippen molar-refractivity contribution in [3.05, 3.63) is 23.9 Å². The predicted octanol–water partition coefficient (Wildman–Crippen LogP) is 3.45. The van der Waals surface area contributed by atoms with Gasteiger partial charge in [0.1, 0.15) is 0 Å². The Kier molecular flexibility index (Phi) is 5.43. The van der Waals surface area contributed by atoms with Gasteiger partial charge in [-0.1, -0.05) is 19.9 Å². The Morgan fingerprint density at radius 3 is 2.19 bits per heavy atom. The van der Waals surface area contributed by atoms with Crippen LogP contribution in [-0.2, 0) is 6.54 Å². The molecule has 0 atom stereocenters. The largest absolute Gasteiger partial charge is 0.454 e. The zero-order valence-electron chi connectivity index (χ0n) is 11.2. The van der Waals surface area contributed by atoms with Crippen LogP contribution in [0.2, 0.25) is 0 Å². The summed E-state index contributed by atoms with van der Waals surface area (Å²) < 4.78 is 78.9. The lowest BCUT2D eigenvalue weighted by molar-refractivity contribution is -0.300. The van der Waals surface area contributed by atoms with E-state index in [1.807, 2.05) is 0 Å². The summed E-state index contributed by atoms with van der Waals surface area (Å²) in [6, 6.07) is 2.75. The zero-order valence-corrected chi connectivity index (χ0v) is 11.2. The summed E-state index contributed by atoms with van der Waals surface area (Å²) in [5.41, 5.74) is 0.115. The molecule has 120 valence electrons. The van der Waals surface area contributed by atoms with Gasteiger partial charge in [-0.05, 0) is 6.07 Å². The van der Waals surface area contributed by atoms with Crippen LogP contribution in [0.1, 0.15) is 19.4 Å². The summed E-state index contributed by atoms with van der Waals surface area (Å²) in [6.07, 6.45) is -14.0. The number of alkyl halides is 6. The van der Waals surface area contributed by atoms with Crippen molar-refractivity contribution in [2.75, 3.05) is 0 Å². The van der Waals surface area contributed by atoms with Crippen molar-refractivity contribution in [1.29, 1.82) is 0 Å². The standard InChI is InChI=1S/C12H14F6N2O/c1-7(2)20-6-8-4-3-5-19-9(8)21-10(11(13,14)15)12(16,17)18/h3-5,7,10,20H,6H2,1-2H3. The van der Waals surface area contributed by atoms with Crippen LogP contribution in [0.25, 0.3) is 0 Å². The molecular weight excluding hydrogens is 302 g/mol. The van der Waals surface area contributed by atoms with Gasteiger partial charge >= 0.3 is 12.4 Å². The molecular formula is C12H14F6N2O. The highest BCUT2D eigenvalue weighted by Crippen LogP contribution is 2.36. The van der Waals surface area contributed by atoms with Gasteiger partial charge in [-0.3, -0.25) is 0 Å². The highest BCUT2D eigenvalue weighted by molar-refractivity contribution is 5.25. The van der Waals surface area contributed by atoms with Gasteiger partial charge in [0, 0.05) is 24.3 Å². The van der Waals surface area contributed by atoms with E-state index in [4.69, 9.17) is 0 Å². The fraction of sp³-hybridized carbons (Fsp3) is 0.583. The minimum Gasteiger partial charge on any atom is -0.454 e. The van der Waals surface area contributed by atoms with Crippen LogP contribution >= 0.6 is 0 Å². The lowest BCUT2D eigenvalue weighted by Crippen LogP contribution is -2.47. The molecule has 0 radical (unpaired) electrons. The van der Waals surface area contributed by atoms with Crippen molar-refractivity contribution >= 4 is 0 Å². The third-order valence-corrected chi connectivity index (χ3v) is 2.37. The Labute approximate surface area is 117 Å². The van der Waals surface area contributed by atoms with E-state index in [2.05, 4.69) is 15.0 Å². The second kappa shape index (κ2) is 6.50. The van der Waals surface area contributed by atoms with Crippen LogP contribution in [0.4, 0.5) is 26.3 Å². The molecule has 0 aliphatic rings. The maximum atomic E-state index is 12.5. The molecule has 21 heavy (non-hydrogen) atoms. The molecule has 1 heterocycles. The lowest BCUT2D eigenvalue weighted by atomic mass is 10.2. The first-order chi connectivity index (χ1) is 9.51. The van der Waals surface area contributed by atoms with Crippen LogP contribution in [0.5, 0.6) is 5.88 Å². The Balaban J connectivity index is 2.99. The molecule has 0 aliphatic carbocycles. The lowest BCUT2D eigenvalue weighted by Gasteiger charge is -2.24. The summed E-state index contributed by atoms with van der Waals surface area (Å²) in [5.74, 6) is -0.690. The van der Waals surface area contributed by atoms with E-state index in [-0.39, 0.29) is 18.2 Å². The Bertz CT molecular complexity index is 444. The molecule has 0 unspecified atom stereocenters. The van der Waals surface area contributed by atoms with Crippen molar-refractivity contribution < 1.29 is 31.1 Å². The van der Waals surface area contributed by atoms with Gasteiger partial charge in [0.05, 0.1) is 0 Å². The number of aromatic nitrogens is 1. The molecule has 1 aromatic rings. The Hall–Kier alpha value is -1.51. The monoisotopic (exact) mass is 316 g/mol. The molecule has 1 N–H and O–H groups in total. The van der Waals surface area contributed by atoms with E-state index in [0.29, 0.717) is 0 Å². The molecule has 3 nitrogen and oxygen atoms in total. The van der Waals surface area contributed by atoms with E-state index in [9.17, 15) is 26.3 Å². The number of rotatable bonds is 5. The van der Waals surface area contributed by atoms with Crippen molar-refractivity contribution in [2.24, 2.45) is 0 Å². The molecule has 0 aromatic carbocycles. The molecule has 0 saturated heterocycles. The second-order valence-corrected chi connectivity index (χ2v) is 4.58. The van der Waals surface area contributed by atoms with E-state index in [0.717, 1.165) is 6.20 Å². The minimum absolute atomic E-state index is 0.000847. The molecule has 1 rings (SSSR count). The number of hydrogen-bond donors (Lipinski definition) is 1. The van der Waals surface area contributed by atoms with Gasteiger partial charge in [-0.25, -0.2) is 4.98 Å². The summed E-state index contributed by atoms with van der Waals surface area (Å²) in [6.45, 7) is 3.61. The molecule has 9 heteroatoms. The highest BCUT2D eigenvalue weighted by Gasteiger charge is 2.59. The third kappa shape index (κ3) is 5.41. The average molecular weight is 316 g/mol. The summed E-state index contributed by atoms with van der Waals surface area (Å²) in [7, 11) is 0. The van der Waals surface area contributed by atoms with Gasteiger partial charge in [-0.2, -0.15) is 26.3 Å². The number of nitrogens with zero attached hydrogens (tertiary/aromatic N) is 1. The normalized spacial score (nSPS) is 13.0. The molecule has 0 fully saturated rings. The van der Waals surface area contributed by atoms with Crippen LogP contribution in [0, 0.1) is 0 Å². The van der Waals surface area contributed by atoms with E-state index < -0.39 is 24.3 Å². The maximum Gasteiger partial charge on any atom is 0.434 e. The first-order valence-electron chi connectivity index (χ1n) is 5.99. The summed E-state index contributed by atoms with van der Waals surface area (Å²) in [4.78, 5) is 3.46. The number of hydrogen-bond acceptors (Lipinski definition) is 3. The van der Waals surface area contributed by atoms with E-state index >= 15 is 0 Å². The topological polar surface area (TPSA) is 34.2 Å². The molecule has 0 amide bonds. The van der Waals surface area contributed by atoms with Crippen LogP contribution in [0.3, 0.4) is 0 Å².